The molecule has 0 unspecified atom stereocenters. The van der Waals surface area contributed by atoms with E-state index < -0.39 is 11.9 Å². The first-order valence-corrected chi connectivity index (χ1v) is 9.81. The molecule has 6 nitrogen and oxygen atoms in total. The van der Waals surface area contributed by atoms with Crippen molar-refractivity contribution in [3.05, 3.63) is 64.7 Å². The van der Waals surface area contributed by atoms with Crippen molar-refractivity contribution >= 4 is 35.1 Å². The standard InChI is InChI=1S/C22H23ClN2O4/c1-14-18(23)9-6-10-19(14)25-12-17(11-21(25)27)22(28)29-13-20(26)24-15(2)16-7-4-3-5-8-16/h3-10,15,17H,11-13H2,1-2H3,(H,24,26)/t15-,17-/m0/s1. The molecule has 0 saturated carbocycles. The highest BCUT2D eigenvalue weighted by molar-refractivity contribution is 6.31. The highest BCUT2D eigenvalue weighted by atomic mass is 35.5. The van der Waals surface area contributed by atoms with Gasteiger partial charge >= 0.3 is 5.97 Å². The SMILES string of the molecule is Cc1c(Cl)cccc1N1C[C@@H](C(=O)OCC(=O)N[C@@H](C)c2ccccc2)CC1=O. The Bertz CT molecular complexity index is 916. The van der Waals surface area contributed by atoms with Crippen LogP contribution in [0.3, 0.4) is 0 Å². The lowest BCUT2D eigenvalue weighted by molar-refractivity contribution is -0.152. The molecule has 3 rings (SSSR count). The van der Waals surface area contributed by atoms with E-state index in [1.165, 1.54) is 0 Å². The number of carbonyl (C=O) groups excluding carboxylic acids is 3. The number of ether oxygens (including phenoxy) is 1. The van der Waals surface area contributed by atoms with Gasteiger partial charge in [-0.15, -0.1) is 0 Å². The molecule has 1 fully saturated rings. The minimum absolute atomic E-state index is 0.0484. The van der Waals surface area contributed by atoms with Crippen molar-refractivity contribution in [3.8, 4) is 0 Å². The Hall–Kier alpha value is -2.86. The minimum atomic E-state index is -0.611. The van der Waals surface area contributed by atoms with Crippen molar-refractivity contribution in [2.24, 2.45) is 5.92 Å². The summed E-state index contributed by atoms with van der Waals surface area (Å²) < 4.78 is 5.16. The summed E-state index contributed by atoms with van der Waals surface area (Å²) in [5, 5.41) is 3.35. The molecule has 152 valence electrons. The third-order valence-corrected chi connectivity index (χ3v) is 5.42. The molecule has 2 amide bonds. The van der Waals surface area contributed by atoms with Gasteiger partial charge in [-0.1, -0.05) is 48.0 Å². The molecule has 2 aromatic rings. The third kappa shape index (κ3) is 4.95. The minimum Gasteiger partial charge on any atom is -0.455 e. The Morgan fingerprint density at radius 1 is 1.21 bits per heavy atom. The summed E-state index contributed by atoms with van der Waals surface area (Å²) in [5.74, 6) is -1.72. The van der Waals surface area contributed by atoms with Gasteiger partial charge in [-0.05, 0) is 37.1 Å². The van der Waals surface area contributed by atoms with Gasteiger partial charge < -0.3 is 15.0 Å². The molecule has 29 heavy (non-hydrogen) atoms. The normalized spacial score (nSPS) is 17.1. The molecule has 1 saturated heterocycles. The van der Waals surface area contributed by atoms with E-state index in [9.17, 15) is 14.4 Å². The molecule has 2 aromatic carbocycles. The van der Waals surface area contributed by atoms with Crippen LogP contribution in [0.2, 0.25) is 5.02 Å². The van der Waals surface area contributed by atoms with Crippen LogP contribution in [-0.2, 0) is 19.1 Å². The predicted molar refractivity (Wildman–Crippen MR) is 111 cm³/mol. The highest BCUT2D eigenvalue weighted by Crippen LogP contribution is 2.31. The lowest BCUT2D eigenvalue weighted by Crippen LogP contribution is -2.33. The van der Waals surface area contributed by atoms with E-state index in [4.69, 9.17) is 16.3 Å². The van der Waals surface area contributed by atoms with Crippen molar-refractivity contribution < 1.29 is 19.1 Å². The zero-order chi connectivity index (χ0) is 21.0. The van der Waals surface area contributed by atoms with Crippen LogP contribution in [0.4, 0.5) is 5.69 Å². The average molecular weight is 415 g/mol. The Morgan fingerprint density at radius 3 is 2.66 bits per heavy atom. The van der Waals surface area contributed by atoms with E-state index in [0.29, 0.717) is 10.7 Å². The van der Waals surface area contributed by atoms with Crippen LogP contribution in [0, 0.1) is 12.8 Å². The van der Waals surface area contributed by atoms with Gasteiger partial charge in [-0.25, -0.2) is 0 Å². The summed E-state index contributed by atoms with van der Waals surface area (Å²) in [6.07, 6.45) is 0.0484. The maximum absolute atomic E-state index is 12.4. The quantitative estimate of drug-likeness (QED) is 0.735. The summed E-state index contributed by atoms with van der Waals surface area (Å²) in [7, 11) is 0. The number of benzene rings is 2. The fourth-order valence-electron chi connectivity index (χ4n) is 3.35. The maximum atomic E-state index is 12.4. The topological polar surface area (TPSA) is 75.7 Å². The lowest BCUT2D eigenvalue weighted by atomic mass is 10.1. The van der Waals surface area contributed by atoms with Gasteiger partial charge in [-0.2, -0.15) is 0 Å². The molecule has 1 N–H and O–H groups in total. The molecule has 0 aromatic heterocycles. The van der Waals surface area contributed by atoms with E-state index in [1.807, 2.05) is 44.2 Å². The van der Waals surface area contributed by atoms with Crippen molar-refractivity contribution in [2.75, 3.05) is 18.1 Å². The summed E-state index contributed by atoms with van der Waals surface area (Å²) in [5.41, 5.74) is 2.43. The Labute approximate surface area is 174 Å². The van der Waals surface area contributed by atoms with E-state index >= 15 is 0 Å². The number of rotatable bonds is 6. The Morgan fingerprint density at radius 2 is 1.93 bits per heavy atom. The molecule has 0 spiro atoms. The number of esters is 1. The molecular formula is C22H23ClN2O4. The van der Waals surface area contributed by atoms with Crippen LogP contribution in [0.15, 0.2) is 48.5 Å². The zero-order valence-corrected chi connectivity index (χ0v) is 17.1. The van der Waals surface area contributed by atoms with Crippen molar-refractivity contribution in [1.82, 2.24) is 5.32 Å². The number of hydrogen-bond acceptors (Lipinski definition) is 4. The second kappa shape index (κ2) is 9.09. The first-order valence-electron chi connectivity index (χ1n) is 9.43. The number of anilines is 1. The Balaban J connectivity index is 1.53. The van der Waals surface area contributed by atoms with E-state index in [-0.39, 0.29) is 37.4 Å². The molecule has 7 heteroatoms. The summed E-state index contributed by atoms with van der Waals surface area (Å²) in [4.78, 5) is 38.4. The van der Waals surface area contributed by atoms with Crippen molar-refractivity contribution in [3.63, 3.8) is 0 Å². The number of amides is 2. The largest absolute Gasteiger partial charge is 0.455 e. The van der Waals surface area contributed by atoms with Crippen LogP contribution in [-0.4, -0.2) is 30.9 Å². The smallest absolute Gasteiger partial charge is 0.311 e. The Kier molecular flexibility index (Phi) is 6.54. The number of carbonyl (C=O) groups is 3. The van der Waals surface area contributed by atoms with Crippen LogP contribution in [0.25, 0.3) is 0 Å². The lowest BCUT2D eigenvalue weighted by Gasteiger charge is -2.19. The van der Waals surface area contributed by atoms with E-state index in [1.54, 1.807) is 23.1 Å². The number of halogens is 1. The second-order valence-corrected chi connectivity index (χ2v) is 7.50. The number of nitrogens with one attached hydrogen (secondary N) is 1. The molecule has 0 radical (unpaired) electrons. The molecule has 1 aliphatic heterocycles. The molecule has 1 heterocycles. The van der Waals surface area contributed by atoms with Crippen molar-refractivity contribution in [2.45, 2.75) is 26.3 Å². The average Bonchev–Trinajstić information content (AvgIpc) is 3.10. The maximum Gasteiger partial charge on any atom is 0.311 e. The summed E-state index contributed by atoms with van der Waals surface area (Å²) in [6.45, 7) is 3.52. The molecule has 0 bridgehead atoms. The fourth-order valence-corrected chi connectivity index (χ4v) is 3.52. The zero-order valence-electron chi connectivity index (χ0n) is 16.4. The highest BCUT2D eigenvalue weighted by Gasteiger charge is 2.37. The first kappa shape index (κ1) is 20.9. The van der Waals surface area contributed by atoms with Gasteiger partial charge in [-0.3, -0.25) is 14.4 Å². The predicted octanol–water partition coefficient (Wildman–Crippen LogP) is 3.42. The number of hydrogen-bond donors (Lipinski definition) is 1. The van der Waals surface area contributed by atoms with Gasteiger partial charge in [0, 0.05) is 23.7 Å². The third-order valence-electron chi connectivity index (χ3n) is 5.01. The molecular weight excluding hydrogens is 392 g/mol. The van der Waals surface area contributed by atoms with Crippen molar-refractivity contribution in [1.29, 1.82) is 0 Å². The molecule has 2 atom stereocenters. The number of nitrogens with zero attached hydrogens (tertiary/aromatic N) is 1. The molecule has 0 aliphatic carbocycles. The van der Waals surface area contributed by atoms with Crippen LogP contribution in [0.1, 0.15) is 30.5 Å². The fraction of sp³-hybridized carbons (Fsp3) is 0.318. The molecule has 1 aliphatic rings. The van der Waals surface area contributed by atoms with E-state index in [2.05, 4.69) is 5.32 Å². The second-order valence-electron chi connectivity index (χ2n) is 7.10. The van der Waals surface area contributed by atoms with Crippen LogP contribution >= 0.6 is 11.6 Å². The van der Waals surface area contributed by atoms with Gasteiger partial charge in [0.05, 0.1) is 12.0 Å². The van der Waals surface area contributed by atoms with Crippen LogP contribution in [0.5, 0.6) is 0 Å². The van der Waals surface area contributed by atoms with Gasteiger partial charge in [0.15, 0.2) is 6.61 Å². The van der Waals surface area contributed by atoms with E-state index in [0.717, 1.165) is 11.1 Å². The monoisotopic (exact) mass is 414 g/mol. The summed E-state index contributed by atoms with van der Waals surface area (Å²) >= 11 is 6.14. The summed E-state index contributed by atoms with van der Waals surface area (Å²) in [6, 6.07) is 14.6. The van der Waals surface area contributed by atoms with Crippen LogP contribution < -0.4 is 10.2 Å². The van der Waals surface area contributed by atoms with Gasteiger partial charge in [0.1, 0.15) is 0 Å². The van der Waals surface area contributed by atoms with Gasteiger partial charge in [0.2, 0.25) is 5.91 Å². The van der Waals surface area contributed by atoms with Gasteiger partial charge in [0.25, 0.3) is 5.91 Å². The first-order chi connectivity index (χ1) is 13.9.